The first-order valence-corrected chi connectivity index (χ1v) is 8.79. The van der Waals surface area contributed by atoms with Crippen molar-refractivity contribution in [3.8, 4) is 5.75 Å². The van der Waals surface area contributed by atoms with Gasteiger partial charge in [0.05, 0.1) is 18.1 Å². The van der Waals surface area contributed by atoms with Gasteiger partial charge in [-0.05, 0) is 48.6 Å². The summed E-state index contributed by atoms with van der Waals surface area (Å²) in [5.41, 5.74) is 2.20. The lowest BCUT2D eigenvalue weighted by Crippen LogP contribution is -2.38. The molecule has 0 N–H and O–H groups in total. The van der Waals surface area contributed by atoms with Crippen LogP contribution in [0.15, 0.2) is 35.3 Å². The molecule has 1 atom stereocenters. The maximum absolute atomic E-state index is 14.2. The number of methoxy groups -OCH3 is 1. The van der Waals surface area contributed by atoms with Crippen molar-refractivity contribution >= 4 is 29.5 Å². The largest absolute Gasteiger partial charge is 0.490 e. The van der Waals surface area contributed by atoms with Crippen molar-refractivity contribution < 1.29 is 18.7 Å². The molecule has 2 aliphatic rings. The molecule has 6 heteroatoms. The van der Waals surface area contributed by atoms with Crippen LogP contribution in [0.3, 0.4) is 0 Å². The smallest absolute Gasteiger partial charge is 0.340 e. The van der Waals surface area contributed by atoms with Gasteiger partial charge in [0.25, 0.3) is 0 Å². The van der Waals surface area contributed by atoms with Crippen molar-refractivity contribution in [2.24, 2.45) is 4.99 Å². The van der Waals surface area contributed by atoms with Crippen molar-refractivity contribution in [3.63, 3.8) is 0 Å². The van der Waals surface area contributed by atoms with E-state index in [1.807, 2.05) is 24.4 Å². The van der Waals surface area contributed by atoms with E-state index in [0.717, 1.165) is 24.8 Å². The van der Waals surface area contributed by atoms with Gasteiger partial charge in [-0.15, -0.1) is 0 Å². The first kappa shape index (κ1) is 17.0. The van der Waals surface area contributed by atoms with Crippen molar-refractivity contribution in [2.45, 2.75) is 24.7 Å². The lowest BCUT2D eigenvalue weighted by molar-refractivity contribution is 0.0595. The number of carbonyl (C=O) groups is 1. The summed E-state index contributed by atoms with van der Waals surface area (Å²) in [6.07, 6.45) is 4.69. The third-order valence-corrected chi connectivity index (χ3v) is 5.30. The molecule has 0 radical (unpaired) electrons. The summed E-state index contributed by atoms with van der Waals surface area (Å²) in [5.74, 6) is -1.10. The molecule has 0 fully saturated rings. The summed E-state index contributed by atoms with van der Waals surface area (Å²) in [5, 5.41) is 0.709. The SMILES string of the molecule is COC(=O)c1cc2c(cc1F)OCC1(C=N2)CCCc2cc(Cl)ccc21. The lowest BCUT2D eigenvalue weighted by atomic mass is 9.71. The van der Waals surface area contributed by atoms with Gasteiger partial charge in [0, 0.05) is 17.3 Å². The molecule has 26 heavy (non-hydrogen) atoms. The van der Waals surface area contributed by atoms with Gasteiger partial charge < -0.3 is 9.47 Å². The second-order valence-corrected chi connectivity index (χ2v) is 7.09. The number of esters is 1. The topological polar surface area (TPSA) is 47.9 Å². The molecule has 1 aliphatic heterocycles. The Bertz CT molecular complexity index is 928. The molecule has 2 aromatic carbocycles. The number of halogens is 2. The molecule has 0 saturated carbocycles. The van der Waals surface area contributed by atoms with Crippen molar-refractivity contribution in [1.29, 1.82) is 0 Å². The number of carbonyl (C=O) groups excluding carboxylic acids is 1. The fraction of sp³-hybridized carbons (Fsp3) is 0.300. The average Bonchev–Trinajstić information content (AvgIpc) is 2.81. The van der Waals surface area contributed by atoms with Crippen LogP contribution in [0.1, 0.15) is 34.3 Å². The van der Waals surface area contributed by atoms with Gasteiger partial charge in [0.2, 0.25) is 0 Å². The summed E-state index contributed by atoms with van der Waals surface area (Å²) >= 11 is 6.14. The van der Waals surface area contributed by atoms with Crippen LogP contribution in [0.4, 0.5) is 10.1 Å². The second kappa shape index (κ2) is 6.40. The van der Waals surface area contributed by atoms with E-state index in [1.165, 1.54) is 24.8 Å². The van der Waals surface area contributed by atoms with E-state index in [9.17, 15) is 9.18 Å². The van der Waals surface area contributed by atoms with Gasteiger partial charge in [-0.3, -0.25) is 4.99 Å². The Morgan fingerprint density at radius 2 is 2.19 bits per heavy atom. The molecule has 0 amide bonds. The first-order chi connectivity index (χ1) is 12.5. The molecule has 1 spiro atoms. The number of aliphatic imine (C=N–C) groups is 1. The number of rotatable bonds is 1. The quantitative estimate of drug-likeness (QED) is 0.684. The van der Waals surface area contributed by atoms with Crippen LogP contribution in [0.5, 0.6) is 5.75 Å². The molecule has 0 saturated heterocycles. The Labute approximate surface area is 155 Å². The van der Waals surface area contributed by atoms with Crippen LogP contribution >= 0.6 is 11.6 Å². The fourth-order valence-corrected chi connectivity index (χ4v) is 3.93. The van der Waals surface area contributed by atoms with Crippen molar-refractivity contribution in [1.82, 2.24) is 0 Å². The minimum atomic E-state index is -0.739. The highest BCUT2D eigenvalue weighted by Gasteiger charge is 2.38. The predicted octanol–water partition coefficient (Wildman–Crippen LogP) is 4.63. The molecule has 4 rings (SSSR count). The number of nitrogens with zero attached hydrogens (tertiary/aromatic N) is 1. The molecule has 1 aliphatic carbocycles. The van der Waals surface area contributed by atoms with Crippen LogP contribution in [-0.4, -0.2) is 25.9 Å². The van der Waals surface area contributed by atoms with E-state index < -0.39 is 11.8 Å². The Morgan fingerprint density at radius 1 is 1.35 bits per heavy atom. The lowest BCUT2D eigenvalue weighted by Gasteiger charge is -2.35. The number of hydrogen-bond donors (Lipinski definition) is 0. The predicted molar refractivity (Wildman–Crippen MR) is 97.5 cm³/mol. The van der Waals surface area contributed by atoms with Crippen LogP contribution in [-0.2, 0) is 16.6 Å². The van der Waals surface area contributed by atoms with E-state index >= 15 is 0 Å². The number of benzene rings is 2. The van der Waals surface area contributed by atoms with E-state index in [0.29, 0.717) is 23.1 Å². The molecule has 2 aromatic rings. The van der Waals surface area contributed by atoms with Gasteiger partial charge in [-0.1, -0.05) is 17.7 Å². The zero-order valence-corrected chi connectivity index (χ0v) is 15.0. The summed E-state index contributed by atoms with van der Waals surface area (Å²) < 4.78 is 24.8. The van der Waals surface area contributed by atoms with Crippen molar-refractivity contribution in [3.05, 3.63) is 57.9 Å². The molecule has 4 nitrogen and oxygen atoms in total. The normalized spacial score (nSPS) is 20.7. The monoisotopic (exact) mass is 373 g/mol. The van der Waals surface area contributed by atoms with E-state index in [1.54, 1.807) is 0 Å². The number of fused-ring (bicyclic) bond motifs is 3. The molecule has 0 bridgehead atoms. The summed E-state index contributed by atoms with van der Waals surface area (Å²) in [6, 6.07) is 8.44. The highest BCUT2D eigenvalue weighted by molar-refractivity contribution is 6.30. The second-order valence-electron chi connectivity index (χ2n) is 6.65. The van der Waals surface area contributed by atoms with Crippen LogP contribution in [0.25, 0.3) is 0 Å². The number of hydrogen-bond acceptors (Lipinski definition) is 4. The Balaban J connectivity index is 1.77. The number of aryl methyl sites for hydroxylation is 1. The van der Waals surface area contributed by atoms with E-state index in [-0.39, 0.29) is 11.0 Å². The first-order valence-electron chi connectivity index (χ1n) is 8.41. The maximum Gasteiger partial charge on any atom is 0.340 e. The molecular formula is C20H17ClFNO3. The van der Waals surface area contributed by atoms with Gasteiger partial charge >= 0.3 is 5.97 Å². The minimum Gasteiger partial charge on any atom is -0.490 e. The van der Waals surface area contributed by atoms with Crippen LogP contribution < -0.4 is 4.74 Å². The molecule has 1 unspecified atom stereocenters. The van der Waals surface area contributed by atoms with E-state index in [2.05, 4.69) is 9.73 Å². The molecule has 134 valence electrons. The zero-order valence-electron chi connectivity index (χ0n) is 14.2. The Morgan fingerprint density at radius 3 is 3.00 bits per heavy atom. The van der Waals surface area contributed by atoms with Crippen molar-refractivity contribution in [2.75, 3.05) is 13.7 Å². The summed E-state index contributed by atoms with van der Waals surface area (Å²) in [7, 11) is 1.21. The molecular weight excluding hydrogens is 357 g/mol. The third kappa shape index (κ3) is 2.76. The van der Waals surface area contributed by atoms with Gasteiger partial charge in [0.15, 0.2) is 0 Å². The number of ether oxygens (including phenoxy) is 2. The van der Waals surface area contributed by atoms with E-state index in [4.69, 9.17) is 16.3 Å². The Kier molecular flexibility index (Phi) is 4.19. The van der Waals surface area contributed by atoms with Gasteiger partial charge in [-0.2, -0.15) is 0 Å². The highest BCUT2D eigenvalue weighted by Crippen LogP contribution is 2.42. The third-order valence-electron chi connectivity index (χ3n) is 5.06. The highest BCUT2D eigenvalue weighted by atomic mass is 35.5. The molecule has 1 heterocycles. The van der Waals surface area contributed by atoms with Gasteiger partial charge in [0.1, 0.15) is 23.9 Å². The van der Waals surface area contributed by atoms with Gasteiger partial charge in [-0.25, -0.2) is 9.18 Å². The molecule has 0 aromatic heterocycles. The fourth-order valence-electron chi connectivity index (χ4n) is 3.73. The summed E-state index contributed by atoms with van der Waals surface area (Å²) in [4.78, 5) is 16.3. The Hall–Kier alpha value is -2.40. The average molecular weight is 374 g/mol. The van der Waals surface area contributed by atoms with Crippen LogP contribution in [0.2, 0.25) is 5.02 Å². The zero-order chi connectivity index (χ0) is 18.3. The van der Waals surface area contributed by atoms with Crippen LogP contribution in [0, 0.1) is 5.82 Å². The minimum absolute atomic E-state index is 0.154. The summed E-state index contributed by atoms with van der Waals surface area (Å²) in [6.45, 7) is 0.356. The standard InChI is InChI=1S/C20H17ClFNO3/c1-25-19(24)14-8-17-18(9-16(14)22)26-11-20(10-23-17)6-2-3-12-7-13(21)4-5-15(12)20/h4-5,7-10H,2-3,6,11H2,1H3. The maximum atomic E-state index is 14.2.